The summed E-state index contributed by atoms with van der Waals surface area (Å²) in [6.45, 7) is 1.94. The van der Waals surface area contributed by atoms with Crippen LogP contribution in [-0.4, -0.2) is 22.5 Å². The van der Waals surface area contributed by atoms with E-state index in [-0.39, 0.29) is 24.2 Å². The lowest BCUT2D eigenvalue weighted by Crippen LogP contribution is -2.32. The number of nitrogens with zero attached hydrogens (tertiary/aromatic N) is 1. The zero-order chi connectivity index (χ0) is 20.8. The van der Waals surface area contributed by atoms with Gasteiger partial charge in [-0.15, -0.1) is 0 Å². The standard InChI is InChI=1S/C23H28F2N2O2/c1-2-16-14-7-8-15(12-14)22(29)21(16)20(13-5-6-13)17-9-10-19(23(24,25)26)27-18(17)4-3-11-28/h2,9-10,14-15,21,28H,3-8,11-12,26H2,1H3/b16-2+. The van der Waals surface area contributed by atoms with Crippen molar-refractivity contribution in [2.75, 3.05) is 6.61 Å². The molecule has 0 aliphatic heterocycles. The van der Waals surface area contributed by atoms with Crippen molar-refractivity contribution in [1.29, 1.82) is 0 Å². The number of halogens is 2. The van der Waals surface area contributed by atoms with Gasteiger partial charge >= 0.3 is 6.05 Å². The van der Waals surface area contributed by atoms with Crippen LogP contribution in [0.25, 0.3) is 5.57 Å². The highest BCUT2D eigenvalue weighted by Crippen LogP contribution is 2.53. The molecule has 1 heterocycles. The summed E-state index contributed by atoms with van der Waals surface area (Å²) in [5, 5.41) is 9.28. The fourth-order valence-electron chi connectivity index (χ4n) is 5.14. The predicted octanol–water partition coefficient (Wildman–Crippen LogP) is 4.12. The van der Waals surface area contributed by atoms with Crippen LogP contribution in [0.3, 0.4) is 0 Å². The number of fused-ring (bicyclic) bond motifs is 2. The third-order valence-electron chi connectivity index (χ3n) is 6.60. The number of allylic oxidation sites excluding steroid dienone is 4. The minimum Gasteiger partial charge on any atom is -0.396 e. The van der Waals surface area contributed by atoms with Gasteiger partial charge in [-0.05, 0) is 69.4 Å². The molecule has 1 aromatic rings. The van der Waals surface area contributed by atoms with Gasteiger partial charge in [0.25, 0.3) is 0 Å². The molecule has 3 atom stereocenters. The molecule has 3 fully saturated rings. The smallest absolute Gasteiger partial charge is 0.343 e. The summed E-state index contributed by atoms with van der Waals surface area (Å²) in [5.74, 6) is 0.512. The number of carbonyl (C=O) groups excluding carboxylic acids is 1. The van der Waals surface area contributed by atoms with Gasteiger partial charge < -0.3 is 5.11 Å². The number of nitrogens with two attached hydrogens (primary N) is 1. The molecule has 4 rings (SSSR count). The summed E-state index contributed by atoms with van der Waals surface area (Å²) >= 11 is 0. The Morgan fingerprint density at radius 3 is 2.66 bits per heavy atom. The number of pyridine rings is 1. The van der Waals surface area contributed by atoms with E-state index in [0.717, 1.165) is 43.2 Å². The van der Waals surface area contributed by atoms with Gasteiger partial charge in [-0.3, -0.25) is 10.5 Å². The molecule has 0 amide bonds. The van der Waals surface area contributed by atoms with Gasteiger partial charge in [-0.2, -0.15) is 8.78 Å². The van der Waals surface area contributed by atoms with Crippen LogP contribution in [0.2, 0.25) is 0 Å². The van der Waals surface area contributed by atoms with Crippen LogP contribution in [0.4, 0.5) is 8.78 Å². The van der Waals surface area contributed by atoms with Gasteiger partial charge in [0, 0.05) is 23.8 Å². The van der Waals surface area contributed by atoms with Crippen LogP contribution in [0.15, 0.2) is 29.4 Å². The Balaban J connectivity index is 1.83. The van der Waals surface area contributed by atoms with E-state index in [1.54, 1.807) is 6.07 Å². The summed E-state index contributed by atoms with van der Waals surface area (Å²) in [6.07, 6.45) is 7.65. The minimum atomic E-state index is -3.52. The first-order chi connectivity index (χ1) is 13.8. The highest BCUT2D eigenvalue weighted by molar-refractivity contribution is 6.00. The lowest BCUT2D eigenvalue weighted by Gasteiger charge is -2.33. The second kappa shape index (κ2) is 7.73. The number of ketones is 1. The van der Waals surface area contributed by atoms with Gasteiger partial charge in [-0.25, -0.2) is 4.98 Å². The lowest BCUT2D eigenvalue weighted by molar-refractivity contribution is -0.125. The van der Waals surface area contributed by atoms with Crippen LogP contribution in [-0.2, 0) is 17.3 Å². The first-order valence-corrected chi connectivity index (χ1v) is 10.5. The maximum Gasteiger partial charge on any atom is 0.343 e. The average molecular weight is 402 g/mol. The van der Waals surface area contributed by atoms with E-state index in [0.29, 0.717) is 24.5 Å². The Hall–Kier alpha value is -1.92. The van der Waals surface area contributed by atoms with E-state index in [1.807, 2.05) is 6.92 Å². The molecule has 1 aromatic heterocycles. The molecular formula is C23H28F2N2O2. The second-order valence-corrected chi connectivity index (χ2v) is 8.49. The van der Waals surface area contributed by atoms with Crippen molar-refractivity contribution in [3.63, 3.8) is 0 Å². The number of carbonyl (C=O) groups is 1. The summed E-state index contributed by atoms with van der Waals surface area (Å²) in [7, 11) is 0. The number of hydrogen-bond donors (Lipinski definition) is 2. The number of Topliss-reactive ketones (excluding diaryl/α,β-unsaturated/α-hetero) is 1. The van der Waals surface area contributed by atoms with E-state index in [1.165, 1.54) is 17.2 Å². The van der Waals surface area contributed by atoms with E-state index >= 15 is 0 Å². The number of aliphatic hydroxyl groups is 1. The maximum atomic E-state index is 13.7. The molecule has 156 valence electrons. The SMILES string of the molecule is C/C=C1\C2CCC(C2)C(=O)C1C(=C1CC1)c1ccc(C(N)(F)F)nc1CCCO. The van der Waals surface area contributed by atoms with Gasteiger partial charge in [0.15, 0.2) is 0 Å². The van der Waals surface area contributed by atoms with E-state index in [9.17, 15) is 18.7 Å². The molecule has 3 N–H and O–H groups in total. The molecule has 29 heavy (non-hydrogen) atoms. The molecule has 0 saturated heterocycles. The van der Waals surface area contributed by atoms with Crippen molar-refractivity contribution in [3.8, 4) is 0 Å². The number of aliphatic hydroxyl groups excluding tert-OH is 1. The Morgan fingerprint density at radius 2 is 2.03 bits per heavy atom. The number of aryl methyl sites for hydroxylation is 1. The molecule has 3 saturated carbocycles. The molecule has 2 bridgehead atoms. The topological polar surface area (TPSA) is 76.2 Å². The fraction of sp³-hybridized carbons (Fsp3) is 0.565. The highest BCUT2D eigenvalue weighted by atomic mass is 19.3. The van der Waals surface area contributed by atoms with Crippen LogP contribution >= 0.6 is 0 Å². The van der Waals surface area contributed by atoms with Crippen molar-refractivity contribution in [3.05, 3.63) is 46.3 Å². The molecule has 0 aromatic carbocycles. The van der Waals surface area contributed by atoms with E-state index < -0.39 is 11.7 Å². The van der Waals surface area contributed by atoms with Crippen LogP contribution in [0, 0.1) is 17.8 Å². The number of rotatable bonds is 6. The molecule has 3 unspecified atom stereocenters. The van der Waals surface area contributed by atoms with E-state index in [2.05, 4.69) is 11.1 Å². The van der Waals surface area contributed by atoms with Crippen molar-refractivity contribution in [1.82, 2.24) is 4.98 Å². The largest absolute Gasteiger partial charge is 0.396 e. The molecule has 4 nitrogen and oxygen atoms in total. The third-order valence-corrected chi connectivity index (χ3v) is 6.60. The van der Waals surface area contributed by atoms with Crippen LogP contribution < -0.4 is 5.73 Å². The van der Waals surface area contributed by atoms with Gasteiger partial charge in [0.05, 0.1) is 5.92 Å². The normalized spacial score (nSPS) is 27.6. The molecule has 6 heteroatoms. The summed E-state index contributed by atoms with van der Waals surface area (Å²) in [5.41, 5.74) is 9.17. The predicted molar refractivity (Wildman–Crippen MR) is 107 cm³/mol. The Bertz CT molecular complexity index is 879. The molecule has 0 radical (unpaired) electrons. The summed E-state index contributed by atoms with van der Waals surface area (Å²) in [4.78, 5) is 17.6. The zero-order valence-corrected chi connectivity index (χ0v) is 16.8. The molecule has 3 aliphatic rings. The van der Waals surface area contributed by atoms with Gasteiger partial charge in [0.2, 0.25) is 0 Å². The Morgan fingerprint density at radius 1 is 1.31 bits per heavy atom. The molecule has 0 spiro atoms. The fourth-order valence-corrected chi connectivity index (χ4v) is 5.14. The molecule has 3 aliphatic carbocycles. The van der Waals surface area contributed by atoms with Gasteiger partial charge in [0.1, 0.15) is 11.5 Å². The first-order valence-electron chi connectivity index (χ1n) is 10.5. The maximum absolute atomic E-state index is 13.7. The lowest BCUT2D eigenvalue weighted by atomic mass is 9.70. The van der Waals surface area contributed by atoms with Gasteiger partial charge in [-0.1, -0.05) is 23.3 Å². The monoisotopic (exact) mass is 402 g/mol. The Labute approximate surface area is 169 Å². The first kappa shape index (κ1) is 20.4. The number of alkyl halides is 2. The van der Waals surface area contributed by atoms with E-state index in [4.69, 9.17) is 5.73 Å². The summed E-state index contributed by atoms with van der Waals surface area (Å²) < 4.78 is 27.4. The van der Waals surface area contributed by atoms with Crippen molar-refractivity contribution < 1.29 is 18.7 Å². The quantitative estimate of drug-likeness (QED) is 0.554. The van der Waals surface area contributed by atoms with Crippen molar-refractivity contribution >= 4 is 11.4 Å². The third kappa shape index (κ3) is 3.80. The summed E-state index contributed by atoms with van der Waals surface area (Å²) in [6, 6.07) is -0.584. The second-order valence-electron chi connectivity index (χ2n) is 8.49. The zero-order valence-electron chi connectivity index (χ0n) is 16.8. The Kier molecular flexibility index (Phi) is 5.42. The van der Waals surface area contributed by atoms with Crippen molar-refractivity contribution in [2.45, 2.75) is 57.9 Å². The highest BCUT2D eigenvalue weighted by Gasteiger charge is 2.47. The van der Waals surface area contributed by atoms with Crippen LogP contribution in [0.1, 0.15) is 62.4 Å². The average Bonchev–Trinajstić information content (AvgIpc) is 3.43. The van der Waals surface area contributed by atoms with Crippen molar-refractivity contribution in [2.24, 2.45) is 23.5 Å². The number of hydrogen-bond acceptors (Lipinski definition) is 4. The minimum absolute atomic E-state index is 0.0527. The number of aromatic nitrogens is 1. The molecular weight excluding hydrogens is 374 g/mol. The van der Waals surface area contributed by atoms with Crippen LogP contribution in [0.5, 0.6) is 0 Å².